The Morgan fingerprint density at radius 1 is 1.67 bits per heavy atom. The summed E-state index contributed by atoms with van der Waals surface area (Å²) in [5.74, 6) is 0.697. The van der Waals surface area contributed by atoms with Crippen LogP contribution in [-0.2, 0) is 4.74 Å². The molecule has 0 bridgehead atoms. The molecule has 0 aromatic rings. The van der Waals surface area contributed by atoms with Gasteiger partial charge in [-0.05, 0) is 6.54 Å². The molecule has 2 N–H and O–H groups in total. The Labute approximate surface area is 73.9 Å². The Morgan fingerprint density at radius 2 is 2.50 bits per heavy atom. The van der Waals surface area contributed by atoms with E-state index >= 15 is 0 Å². The second-order valence-corrected chi connectivity index (χ2v) is 4.11. The highest BCUT2D eigenvalue weighted by Crippen LogP contribution is 2.39. The number of hydrogen-bond acceptors (Lipinski definition) is 3. The lowest BCUT2D eigenvalue weighted by molar-refractivity contribution is 0.133. The van der Waals surface area contributed by atoms with Gasteiger partial charge in [0.1, 0.15) is 0 Å². The third-order valence-electron chi connectivity index (χ3n) is 3.45. The van der Waals surface area contributed by atoms with Crippen LogP contribution in [0.1, 0.15) is 6.92 Å². The number of fused-ring (bicyclic) bond motifs is 1. The average molecular weight is 170 g/mol. The lowest BCUT2D eigenvalue weighted by Gasteiger charge is -2.24. The zero-order valence-corrected chi connectivity index (χ0v) is 7.75. The van der Waals surface area contributed by atoms with Crippen molar-refractivity contribution >= 4 is 0 Å². The van der Waals surface area contributed by atoms with Crippen LogP contribution in [0.15, 0.2) is 0 Å². The van der Waals surface area contributed by atoms with E-state index < -0.39 is 0 Å². The minimum atomic E-state index is 0.302. The molecule has 2 rings (SSSR count). The molecule has 2 atom stereocenters. The maximum Gasteiger partial charge on any atom is 0.0551 e. The molecule has 12 heavy (non-hydrogen) atoms. The Kier molecular flexibility index (Phi) is 2.10. The van der Waals surface area contributed by atoms with Gasteiger partial charge in [0.15, 0.2) is 0 Å². The summed E-state index contributed by atoms with van der Waals surface area (Å²) in [7, 11) is 0. The van der Waals surface area contributed by atoms with E-state index in [0.717, 1.165) is 32.8 Å². The van der Waals surface area contributed by atoms with Crippen molar-refractivity contribution in [3.05, 3.63) is 0 Å². The summed E-state index contributed by atoms with van der Waals surface area (Å²) in [5, 5.41) is 0. The molecule has 2 aliphatic heterocycles. The van der Waals surface area contributed by atoms with Crippen LogP contribution in [0, 0.1) is 11.3 Å². The van der Waals surface area contributed by atoms with E-state index in [0.29, 0.717) is 11.3 Å². The van der Waals surface area contributed by atoms with Crippen LogP contribution in [0.4, 0.5) is 0 Å². The van der Waals surface area contributed by atoms with Gasteiger partial charge in [0.25, 0.3) is 0 Å². The number of rotatable bonds is 2. The summed E-state index contributed by atoms with van der Waals surface area (Å²) < 4.78 is 5.49. The summed E-state index contributed by atoms with van der Waals surface area (Å²) in [6, 6.07) is 0. The van der Waals surface area contributed by atoms with Crippen LogP contribution in [0.2, 0.25) is 0 Å². The van der Waals surface area contributed by atoms with Gasteiger partial charge in [0, 0.05) is 31.0 Å². The van der Waals surface area contributed by atoms with E-state index in [-0.39, 0.29) is 0 Å². The molecule has 2 heterocycles. The Hall–Kier alpha value is -0.120. The van der Waals surface area contributed by atoms with Gasteiger partial charge in [0.05, 0.1) is 13.2 Å². The molecule has 0 amide bonds. The molecular formula is C9H18N2O. The predicted octanol–water partition coefficient (Wildman–Crippen LogP) is -0.0866. The highest BCUT2D eigenvalue weighted by atomic mass is 16.5. The first-order valence-electron chi connectivity index (χ1n) is 4.81. The lowest BCUT2D eigenvalue weighted by atomic mass is 9.81. The molecule has 2 fully saturated rings. The summed E-state index contributed by atoms with van der Waals surface area (Å²) in [5.41, 5.74) is 6.12. The van der Waals surface area contributed by atoms with Gasteiger partial charge < -0.3 is 15.4 Å². The number of likely N-dealkylation sites (tertiary alicyclic amines) is 1. The van der Waals surface area contributed by atoms with Gasteiger partial charge in [-0.3, -0.25) is 0 Å². The van der Waals surface area contributed by atoms with Gasteiger partial charge in [-0.25, -0.2) is 0 Å². The van der Waals surface area contributed by atoms with Gasteiger partial charge in [0.2, 0.25) is 0 Å². The van der Waals surface area contributed by atoms with E-state index in [9.17, 15) is 0 Å². The highest BCUT2D eigenvalue weighted by Gasteiger charge is 2.48. The van der Waals surface area contributed by atoms with Crippen LogP contribution in [-0.4, -0.2) is 44.3 Å². The molecule has 0 radical (unpaired) electrons. The smallest absolute Gasteiger partial charge is 0.0551 e. The summed E-state index contributed by atoms with van der Waals surface area (Å²) in [6.07, 6.45) is 0. The van der Waals surface area contributed by atoms with E-state index in [1.807, 2.05) is 0 Å². The Morgan fingerprint density at radius 3 is 3.08 bits per heavy atom. The van der Waals surface area contributed by atoms with E-state index in [4.69, 9.17) is 10.5 Å². The fourth-order valence-corrected chi connectivity index (χ4v) is 2.47. The largest absolute Gasteiger partial charge is 0.380 e. The molecule has 0 unspecified atom stereocenters. The monoisotopic (exact) mass is 170 g/mol. The van der Waals surface area contributed by atoms with Gasteiger partial charge in [-0.2, -0.15) is 0 Å². The fraction of sp³-hybridized carbons (Fsp3) is 1.00. The second kappa shape index (κ2) is 2.98. The summed E-state index contributed by atoms with van der Waals surface area (Å²) in [4.78, 5) is 2.49. The molecular weight excluding hydrogens is 152 g/mol. The average Bonchev–Trinajstić information content (AvgIpc) is 2.58. The van der Waals surface area contributed by atoms with Crippen LogP contribution in [0.25, 0.3) is 0 Å². The molecule has 0 spiro atoms. The van der Waals surface area contributed by atoms with E-state index in [2.05, 4.69) is 11.8 Å². The standard InChI is InChI=1S/C9H18N2O/c1-2-11-3-8-4-12-7-9(8,5-10)6-11/h8H,2-7,10H2,1H3/t8-,9+/m1/s1. The van der Waals surface area contributed by atoms with Gasteiger partial charge >= 0.3 is 0 Å². The summed E-state index contributed by atoms with van der Waals surface area (Å²) >= 11 is 0. The molecule has 70 valence electrons. The summed E-state index contributed by atoms with van der Waals surface area (Å²) in [6.45, 7) is 8.29. The van der Waals surface area contributed by atoms with Crippen LogP contribution < -0.4 is 5.73 Å². The topological polar surface area (TPSA) is 38.5 Å². The zero-order chi connectivity index (χ0) is 8.60. The second-order valence-electron chi connectivity index (χ2n) is 4.11. The predicted molar refractivity (Wildman–Crippen MR) is 47.9 cm³/mol. The molecule has 0 aromatic carbocycles. The van der Waals surface area contributed by atoms with Crippen molar-refractivity contribution in [2.24, 2.45) is 17.1 Å². The van der Waals surface area contributed by atoms with E-state index in [1.165, 1.54) is 6.54 Å². The Balaban J connectivity index is 2.09. The molecule has 2 saturated heterocycles. The zero-order valence-electron chi connectivity index (χ0n) is 7.75. The normalized spacial score (nSPS) is 42.0. The molecule has 3 nitrogen and oxygen atoms in total. The fourth-order valence-electron chi connectivity index (χ4n) is 2.47. The van der Waals surface area contributed by atoms with Crippen LogP contribution in [0.5, 0.6) is 0 Å². The lowest BCUT2D eigenvalue weighted by Crippen LogP contribution is -2.38. The van der Waals surface area contributed by atoms with Crippen molar-refractivity contribution in [2.45, 2.75) is 6.92 Å². The molecule has 0 aliphatic carbocycles. The van der Waals surface area contributed by atoms with Gasteiger partial charge in [-0.15, -0.1) is 0 Å². The molecule has 0 aromatic heterocycles. The maximum atomic E-state index is 5.82. The first kappa shape index (κ1) is 8.48. The number of hydrogen-bond donors (Lipinski definition) is 1. The minimum Gasteiger partial charge on any atom is -0.380 e. The van der Waals surface area contributed by atoms with Crippen LogP contribution in [0.3, 0.4) is 0 Å². The molecule has 3 heteroatoms. The number of nitrogens with two attached hydrogens (primary N) is 1. The third-order valence-corrected chi connectivity index (χ3v) is 3.45. The quantitative estimate of drug-likeness (QED) is 0.629. The van der Waals surface area contributed by atoms with Gasteiger partial charge in [-0.1, -0.05) is 6.92 Å². The number of nitrogens with zero attached hydrogens (tertiary/aromatic N) is 1. The number of ether oxygens (including phenoxy) is 1. The van der Waals surface area contributed by atoms with E-state index in [1.54, 1.807) is 0 Å². The Bertz CT molecular complexity index is 174. The van der Waals surface area contributed by atoms with Crippen LogP contribution >= 0.6 is 0 Å². The minimum absolute atomic E-state index is 0.302. The van der Waals surface area contributed by atoms with Crippen molar-refractivity contribution in [1.29, 1.82) is 0 Å². The maximum absolute atomic E-state index is 5.82. The highest BCUT2D eigenvalue weighted by molar-refractivity contribution is 5.00. The van der Waals surface area contributed by atoms with Crippen molar-refractivity contribution in [3.63, 3.8) is 0 Å². The SMILES string of the molecule is CCN1C[C@@H]2COC[C@]2(CN)C1. The first-order chi connectivity index (χ1) is 5.80. The van der Waals surface area contributed by atoms with Crippen molar-refractivity contribution in [2.75, 3.05) is 39.4 Å². The van der Waals surface area contributed by atoms with Crippen molar-refractivity contribution < 1.29 is 4.74 Å². The molecule has 2 aliphatic rings. The molecule has 0 saturated carbocycles. The first-order valence-corrected chi connectivity index (χ1v) is 4.81. The van der Waals surface area contributed by atoms with Crippen molar-refractivity contribution in [3.8, 4) is 0 Å². The van der Waals surface area contributed by atoms with Crippen molar-refractivity contribution in [1.82, 2.24) is 4.90 Å². The third kappa shape index (κ3) is 1.08.